The van der Waals surface area contributed by atoms with Crippen LogP contribution in [0, 0.1) is 11.6 Å². The van der Waals surface area contributed by atoms with Crippen molar-refractivity contribution in [2.24, 2.45) is 0 Å². The van der Waals surface area contributed by atoms with Crippen molar-refractivity contribution in [2.75, 3.05) is 38.7 Å². The molecule has 2 aromatic rings. The molecule has 0 saturated heterocycles. The lowest BCUT2D eigenvalue weighted by molar-refractivity contribution is -0.111. The molecule has 0 radical (unpaired) electrons. The molecule has 0 spiro atoms. The second-order valence-corrected chi connectivity index (χ2v) is 7.05. The molecule has 0 unspecified atom stereocenters. The van der Waals surface area contributed by atoms with E-state index in [4.69, 9.17) is 9.47 Å². The van der Waals surface area contributed by atoms with Gasteiger partial charge in [-0.25, -0.2) is 8.78 Å². The smallest absolute Gasteiger partial charge is 0.248 e. The van der Waals surface area contributed by atoms with E-state index in [9.17, 15) is 13.6 Å². The molecule has 7 heteroatoms. The number of carbonyl (C=O) groups is 1. The van der Waals surface area contributed by atoms with E-state index in [1.807, 2.05) is 0 Å². The SMILES string of the molecule is CCCN(CCC)CCOc1cc(NC(=O)C=Cc2ccc(F)c(F)c2)ccc1OC. The minimum Gasteiger partial charge on any atom is -0.493 e. The van der Waals surface area contributed by atoms with Gasteiger partial charge in [0.25, 0.3) is 0 Å². The van der Waals surface area contributed by atoms with Crippen LogP contribution in [0.5, 0.6) is 11.5 Å². The fraction of sp³-hybridized carbons (Fsp3) is 0.375. The van der Waals surface area contributed by atoms with Gasteiger partial charge in [0.2, 0.25) is 5.91 Å². The van der Waals surface area contributed by atoms with E-state index in [1.165, 1.54) is 18.2 Å². The molecule has 0 heterocycles. The van der Waals surface area contributed by atoms with Gasteiger partial charge in [0, 0.05) is 24.4 Å². The van der Waals surface area contributed by atoms with Crippen LogP contribution in [0.15, 0.2) is 42.5 Å². The van der Waals surface area contributed by atoms with Gasteiger partial charge >= 0.3 is 0 Å². The van der Waals surface area contributed by atoms with Crippen LogP contribution in [0.3, 0.4) is 0 Å². The van der Waals surface area contributed by atoms with Crippen molar-refractivity contribution in [1.82, 2.24) is 4.90 Å². The van der Waals surface area contributed by atoms with Gasteiger partial charge in [-0.3, -0.25) is 9.69 Å². The molecule has 0 saturated carbocycles. The van der Waals surface area contributed by atoms with Crippen LogP contribution in [-0.2, 0) is 4.79 Å². The number of hydrogen-bond acceptors (Lipinski definition) is 4. The van der Waals surface area contributed by atoms with Crippen molar-refractivity contribution < 1.29 is 23.0 Å². The first-order chi connectivity index (χ1) is 15.0. The highest BCUT2D eigenvalue weighted by atomic mass is 19.2. The molecule has 1 N–H and O–H groups in total. The predicted octanol–water partition coefficient (Wildman–Crippen LogP) is 5.13. The zero-order valence-corrected chi connectivity index (χ0v) is 18.3. The van der Waals surface area contributed by atoms with E-state index in [0.29, 0.717) is 29.4 Å². The van der Waals surface area contributed by atoms with Crippen molar-refractivity contribution >= 4 is 17.7 Å². The van der Waals surface area contributed by atoms with Gasteiger partial charge in [-0.2, -0.15) is 0 Å². The second-order valence-electron chi connectivity index (χ2n) is 7.05. The maximum absolute atomic E-state index is 13.3. The van der Waals surface area contributed by atoms with E-state index >= 15 is 0 Å². The van der Waals surface area contributed by atoms with Gasteiger partial charge in [-0.15, -0.1) is 0 Å². The molecule has 2 aromatic carbocycles. The first kappa shape index (κ1) is 24.3. The number of nitrogens with zero attached hydrogens (tertiary/aromatic N) is 1. The molecule has 168 valence electrons. The number of halogens is 2. The molecule has 0 aliphatic heterocycles. The van der Waals surface area contributed by atoms with Gasteiger partial charge in [0.05, 0.1) is 7.11 Å². The van der Waals surface area contributed by atoms with Gasteiger partial charge in [-0.05, 0) is 61.8 Å². The van der Waals surface area contributed by atoms with E-state index in [0.717, 1.165) is 44.6 Å². The Hall–Kier alpha value is -2.93. The number of nitrogens with one attached hydrogen (secondary N) is 1. The summed E-state index contributed by atoms with van der Waals surface area (Å²) in [6, 6.07) is 8.56. The first-order valence-corrected chi connectivity index (χ1v) is 10.4. The summed E-state index contributed by atoms with van der Waals surface area (Å²) in [6.45, 7) is 7.66. The summed E-state index contributed by atoms with van der Waals surface area (Å²) in [6.07, 6.45) is 4.84. The lowest BCUT2D eigenvalue weighted by atomic mass is 10.2. The topological polar surface area (TPSA) is 50.8 Å². The van der Waals surface area contributed by atoms with E-state index in [2.05, 4.69) is 24.1 Å². The van der Waals surface area contributed by atoms with Crippen molar-refractivity contribution in [3.63, 3.8) is 0 Å². The second kappa shape index (κ2) is 12.7. The average Bonchev–Trinajstić information content (AvgIpc) is 2.75. The van der Waals surface area contributed by atoms with E-state index < -0.39 is 17.5 Å². The summed E-state index contributed by atoms with van der Waals surface area (Å²) >= 11 is 0. The summed E-state index contributed by atoms with van der Waals surface area (Å²) in [4.78, 5) is 14.6. The number of amides is 1. The number of anilines is 1. The number of methoxy groups -OCH3 is 1. The lowest BCUT2D eigenvalue weighted by Crippen LogP contribution is -2.30. The number of rotatable bonds is 12. The van der Waals surface area contributed by atoms with Crippen LogP contribution in [0.4, 0.5) is 14.5 Å². The van der Waals surface area contributed by atoms with Gasteiger partial charge < -0.3 is 14.8 Å². The minimum absolute atomic E-state index is 0.386. The number of benzene rings is 2. The molecule has 0 aliphatic carbocycles. The molecule has 2 rings (SSSR count). The monoisotopic (exact) mass is 432 g/mol. The third kappa shape index (κ3) is 8.02. The highest BCUT2D eigenvalue weighted by molar-refractivity contribution is 6.02. The average molecular weight is 433 g/mol. The standard InChI is InChI=1S/C24H30F2N2O3/c1-4-12-28(13-5-2)14-15-31-23-17-19(8-10-22(23)30-3)27-24(29)11-7-18-6-9-20(25)21(26)16-18/h6-11,16-17H,4-5,12-15H2,1-3H3,(H,27,29). The van der Waals surface area contributed by atoms with Crippen LogP contribution >= 0.6 is 0 Å². The number of carbonyl (C=O) groups excluding carboxylic acids is 1. The third-order valence-electron chi connectivity index (χ3n) is 4.55. The van der Waals surface area contributed by atoms with Crippen molar-refractivity contribution in [1.29, 1.82) is 0 Å². The van der Waals surface area contributed by atoms with Crippen molar-refractivity contribution in [3.05, 3.63) is 59.7 Å². The zero-order valence-electron chi connectivity index (χ0n) is 18.3. The Balaban J connectivity index is 1.99. The van der Waals surface area contributed by atoms with Gasteiger partial charge in [0.1, 0.15) is 6.61 Å². The summed E-state index contributed by atoms with van der Waals surface area (Å²) in [5.41, 5.74) is 0.922. The third-order valence-corrected chi connectivity index (χ3v) is 4.55. The van der Waals surface area contributed by atoms with Gasteiger partial charge in [-0.1, -0.05) is 19.9 Å². The molecule has 0 atom stereocenters. The van der Waals surface area contributed by atoms with E-state index in [-0.39, 0.29) is 0 Å². The fourth-order valence-corrected chi connectivity index (χ4v) is 3.09. The Morgan fingerprint density at radius 3 is 2.39 bits per heavy atom. The molecule has 1 amide bonds. The molecular formula is C24H30F2N2O3. The Kier molecular flexibility index (Phi) is 9.97. The Morgan fingerprint density at radius 2 is 1.74 bits per heavy atom. The van der Waals surface area contributed by atoms with Crippen molar-refractivity contribution in [3.8, 4) is 11.5 Å². The largest absolute Gasteiger partial charge is 0.493 e. The Morgan fingerprint density at radius 1 is 1.00 bits per heavy atom. The first-order valence-electron chi connectivity index (χ1n) is 10.4. The van der Waals surface area contributed by atoms with Crippen LogP contribution in [0.2, 0.25) is 0 Å². The van der Waals surface area contributed by atoms with Crippen LogP contribution in [0.25, 0.3) is 6.08 Å². The maximum Gasteiger partial charge on any atom is 0.248 e. The molecule has 0 aliphatic rings. The number of hydrogen-bond donors (Lipinski definition) is 1. The van der Waals surface area contributed by atoms with Gasteiger partial charge in [0.15, 0.2) is 23.1 Å². The lowest BCUT2D eigenvalue weighted by Gasteiger charge is -2.21. The quantitative estimate of drug-likeness (QED) is 0.473. The highest BCUT2D eigenvalue weighted by Crippen LogP contribution is 2.30. The predicted molar refractivity (Wildman–Crippen MR) is 120 cm³/mol. The summed E-state index contributed by atoms with van der Waals surface area (Å²) in [7, 11) is 1.56. The highest BCUT2D eigenvalue weighted by Gasteiger charge is 2.09. The molecule has 31 heavy (non-hydrogen) atoms. The molecule has 0 aromatic heterocycles. The molecular weight excluding hydrogens is 402 g/mol. The zero-order chi connectivity index (χ0) is 22.6. The van der Waals surface area contributed by atoms with Crippen LogP contribution in [0.1, 0.15) is 32.3 Å². The van der Waals surface area contributed by atoms with E-state index in [1.54, 1.807) is 25.3 Å². The minimum atomic E-state index is -0.962. The fourth-order valence-electron chi connectivity index (χ4n) is 3.09. The molecule has 0 fully saturated rings. The molecule has 0 bridgehead atoms. The Bertz CT molecular complexity index is 881. The van der Waals surface area contributed by atoms with Crippen LogP contribution < -0.4 is 14.8 Å². The molecule has 5 nitrogen and oxygen atoms in total. The normalized spacial score (nSPS) is 11.2. The summed E-state index contributed by atoms with van der Waals surface area (Å²) < 4.78 is 37.5. The number of ether oxygens (including phenoxy) is 2. The van der Waals surface area contributed by atoms with Crippen LogP contribution in [-0.4, -0.2) is 44.2 Å². The summed E-state index contributed by atoms with van der Waals surface area (Å²) in [5.74, 6) is -1.18. The van der Waals surface area contributed by atoms with Crippen molar-refractivity contribution in [2.45, 2.75) is 26.7 Å². The Labute approximate surface area is 182 Å². The summed E-state index contributed by atoms with van der Waals surface area (Å²) in [5, 5.41) is 2.73. The maximum atomic E-state index is 13.3.